The van der Waals surface area contributed by atoms with Crippen molar-refractivity contribution in [2.75, 3.05) is 0 Å². The van der Waals surface area contributed by atoms with Crippen molar-refractivity contribution < 1.29 is 38.6 Å². The third-order valence-electron chi connectivity index (χ3n) is 4.26. The summed E-state index contributed by atoms with van der Waals surface area (Å²) in [5, 5.41) is 0. The Kier molecular flexibility index (Phi) is 13.7. The molecule has 0 aromatic rings. The zero-order chi connectivity index (χ0) is 17.9. The fraction of sp³-hybridized carbons (Fsp3) is 0.500. The summed E-state index contributed by atoms with van der Waals surface area (Å²) in [5.41, 5.74) is 4.31. The van der Waals surface area contributed by atoms with Crippen molar-refractivity contribution in [2.24, 2.45) is 17.8 Å². The molecule has 0 amide bonds. The zero-order valence-corrected chi connectivity index (χ0v) is 18.8. The number of allylic oxidation sites excluding steroid dienone is 12. The van der Waals surface area contributed by atoms with Crippen molar-refractivity contribution in [1.82, 2.24) is 0 Å². The van der Waals surface area contributed by atoms with Crippen LogP contribution >= 0.6 is 0 Å². The summed E-state index contributed by atoms with van der Waals surface area (Å²) >= 11 is 0. The van der Waals surface area contributed by atoms with Gasteiger partial charge in [-0.25, -0.2) is 36.5 Å². The van der Waals surface area contributed by atoms with Crippen molar-refractivity contribution in [3.63, 3.8) is 0 Å². The van der Waals surface area contributed by atoms with Crippen molar-refractivity contribution in [3.05, 3.63) is 71.4 Å². The van der Waals surface area contributed by atoms with Crippen LogP contribution in [0.15, 0.2) is 53.2 Å². The molecule has 0 nitrogen and oxygen atoms in total. The van der Waals surface area contributed by atoms with Gasteiger partial charge in [0.25, 0.3) is 0 Å². The van der Waals surface area contributed by atoms with E-state index in [1.165, 1.54) is 16.7 Å². The van der Waals surface area contributed by atoms with E-state index in [9.17, 15) is 0 Å². The van der Waals surface area contributed by atoms with Gasteiger partial charge in [-0.1, -0.05) is 60.8 Å². The van der Waals surface area contributed by atoms with Crippen LogP contribution < -0.4 is 0 Å². The normalized spacial score (nSPS) is 16.9. The van der Waals surface area contributed by atoms with E-state index in [1.807, 2.05) is 18.2 Å². The first-order valence-electron chi connectivity index (χ1n) is 9.23. The van der Waals surface area contributed by atoms with Gasteiger partial charge >= 0.3 is 38.6 Å². The van der Waals surface area contributed by atoms with Gasteiger partial charge in [-0.3, -0.25) is 18.2 Å². The van der Waals surface area contributed by atoms with E-state index in [4.69, 9.17) is 0 Å². The molecule has 0 aromatic heterocycles. The van der Waals surface area contributed by atoms with Gasteiger partial charge < -0.3 is 0 Å². The van der Waals surface area contributed by atoms with Crippen LogP contribution in [0.2, 0.25) is 0 Å². The number of rotatable bonds is 3. The second-order valence-electron chi connectivity index (χ2n) is 7.29. The summed E-state index contributed by atoms with van der Waals surface area (Å²) in [4.78, 5) is 0. The van der Waals surface area contributed by atoms with E-state index < -0.39 is 0 Å². The predicted octanol–water partition coefficient (Wildman–Crippen LogP) is 7.00. The quantitative estimate of drug-likeness (QED) is 0.382. The molecule has 3 aliphatic rings. The number of hydrogen-bond donors (Lipinski definition) is 0. The first kappa shape index (κ1) is 24.7. The maximum absolute atomic E-state index is 3.19. The minimum Gasteiger partial charge on any atom is -0.253 e. The first-order valence-corrected chi connectivity index (χ1v) is 9.23. The van der Waals surface area contributed by atoms with E-state index >= 15 is 0 Å². The van der Waals surface area contributed by atoms with Crippen molar-refractivity contribution in [1.29, 1.82) is 0 Å². The first-order chi connectivity index (χ1) is 11.4. The van der Waals surface area contributed by atoms with E-state index in [-0.39, 0.29) is 38.6 Å². The van der Waals surface area contributed by atoms with Gasteiger partial charge in [0.15, 0.2) is 0 Å². The summed E-state index contributed by atoms with van der Waals surface area (Å²) in [6.45, 7) is 13.2. The summed E-state index contributed by atoms with van der Waals surface area (Å²) in [7, 11) is 0. The molecule has 0 saturated carbocycles. The Hall–Kier alpha value is -0.274. The summed E-state index contributed by atoms with van der Waals surface area (Å²) in [6.07, 6.45) is 25.4. The van der Waals surface area contributed by atoms with Gasteiger partial charge in [0.1, 0.15) is 0 Å². The SMILES string of the molecule is CC(C)C1=[C-]C=CC1.CC(C)C1=[C-]C=CC1.CC(C)C1=[C-]C=CC1.[Tb+3]. The second kappa shape index (κ2) is 13.9. The fourth-order valence-corrected chi connectivity index (χ4v) is 2.44. The topological polar surface area (TPSA) is 0 Å². The molecule has 0 fully saturated rings. The molecular formula is C24H33Tb. The van der Waals surface area contributed by atoms with Crippen LogP contribution in [0.25, 0.3) is 0 Å². The predicted molar refractivity (Wildman–Crippen MR) is 106 cm³/mol. The van der Waals surface area contributed by atoms with E-state index in [2.05, 4.69) is 78.0 Å². The minimum absolute atomic E-state index is 0. The Labute approximate surface area is 187 Å². The third-order valence-corrected chi connectivity index (χ3v) is 4.26. The van der Waals surface area contributed by atoms with Crippen LogP contribution in [0.4, 0.5) is 0 Å². The Morgan fingerprint density at radius 3 is 0.880 bits per heavy atom. The zero-order valence-electron chi connectivity index (χ0n) is 16.7. The summed E-state index contributed by atoms with van der Waals surface area (Å²) in [6, 6.07) is 0. The Balaban J connectivity index is 0.000000339. The molecule has 138 valence electrons. The average molecular weight is 480 g/mol. The number of hydrogen-bond acceptors (Lipinski definition) is 0. The molecule has 0 bridgehead atoms. The third kappa shape index (κ3) is 10.5. The van der Waals surface area contributed by atoms with Gasteiger partial charge in [-0.15, -0.1) is 0 Å². The maximum atomic E-state index is 3.19. The summed E-state index contributed by atoms with van der Waals surface area (Å²) < 4.78 is 0. The van der Waals surface area contributed by atoms with Gasteiger partial charge in [0.05, 0.1) is 0 Å². The fourth-order valence-electron chi connectivity index (χ4n) is 2.44. The van der Waals surface area contributed by atoms with Gasteiger partial charge in [-0.2, -0.15) is 16.7 Å². The van der Waals surface area contributed by atoms with E-state index in [0.29, 0.717) is 17.8 Å². The van der Waals surface area contributed by atoms with Gasteiger partial charge in [0.2, 0.25) is 0 Å². The Morgan fingerprint density at radius 1 is 0.560 bits per heavy atom. The van der Waals surface area contributed by atoms with Crippen LogP contribution in [-0.4, -0.2) is 0 Å². The van der Waals surface area contributed by atoms with E-state index in [1.54, 1.807) is 0 Å². The van der Waals surface area contributed by atoms with Crippen LogP contribution in [-0.2, 0) is 0 Å². The van der Waals surface area contributed by atoms with Crippen molar-refractivity contribution in [3.8, 4) is 0 Å². The molecule has 1 heteroatoms. The molecule has 0 saturated heterocycles. The molecule has 0 aliphatic heterocycles. The monoisotopic (exact) mass is 480 g/mol. The maximum Gasteiger partial charge on any atom is 3.00 e. The molecule has 0 N–H and O–H groups in total. The molecule has 0 heterocycles. The molecule has 3 rings (SSSR count). The van der Waals surface area contributed by atoms with Crippen LogP contribution in [0.1, 0.15) is 60.8 Å². The largest absolute Gasteiger partial charge is 3.00 e. The molecule has 3 aliphatic carbocycles. The average Bonchev–Trinajstić information content (AvgIpc) is 3.29. The Morgan fingerprint density at radius 2 is 0.800 bits per heavy atom. The van der Waals surface area contributed by atoms with E-state index in [0.717, 1.165) is 19.3 Å². The molecule has 0 unspecified atom stereocenters. The van der Waals surface area contributed by atoms with Crippen LogP contribution in [0.5, 0.6) is 0 Å². The van der Waals surface area contributed by atoms with Crippen molar-refractivity contribution in [2.45, 2.75) is 60.8 Å². The van der Waals surface area contributed by atoms with Crippen LogP contribution in [0.3, 0.4) is 0 Å². The molecule has 25 heavy (non-hydrogen) atoms. The van der Waals surface area contributed by atoms with Crippen molar-refractivity contribution >= 4 is 0 Å². The molecule has 0 atom stereocenters. The standard InChI is InChI=1S/3C8H11.Tb/c3*1-7(2)8-5-3-4-6-8;/h3*3-4,7H,5H2,1-2H3;/q3*-1;+3. The molecule has 0 spiro atoms. The van der Waals surface area contributed by atoms with Crippen LogP contribution in [0, 0.1) is 74.6 Å². The Bertz CT molecular complexity index is 468. The van der Waals surface area contributed by atoms with Gasteiger partial charge in [0, 0.05) is 0 Å². The molecule has 0 radical (unpaired) electrons. The minimum atomic E-state index is 0. The van der Waals surface area contributed by atoms with Gasteiger partial charge in [-0.05, 0) is 17.8 Å². The summed E-state index contributed by atoms with van der Waals surface area (Å²) in [5.74, 6) is 2.06. The molecule has 0 aromatic carbocycles. The smallest absolute Gasteiger partial charge is 0.253 e. The molecular weight excluding hydrogens is 447 g/mol. The second-order valence-corrected chi connectivity index (χ2v) is 7.29.